The monoisotopic (exact) mass is 204 g/mol. The fraction of sp³-hybridized carbons (Fsp3) is 0.167. The quantitative estimate of drug-likeness (QED) is 0.834. The molecule has 0 aliphatic heterocycles. The molecule has 2 aromatic rings. The lowest BCUT2D eigenvalue weighted by Gasteiger charge is -2.09. The molecule has 0 aliphatic carbocycles. The van der Waals surface area contributed by atoms with Crippen LogP contribution in [0.25, 0.3) is 0 Å². The number of benzene rings is 1. The molecule has 1 aromatic heterocycles. The van der Waals surface area contributed by atoms with Crippen molar-refractivity contribution >= 4 is 0 Å². The third-order valence-electron chi connectivity index (χ3n) is 2.22. The van der Waals surface area contributed by atoms with Crippen LogP contribution in [0.3, 0.4) is 0 Å². The van der Waals surface area contributed by atoms with Crippen LogP contribution in [-0.4, -0.2) is 12.2 Å². The van der Waals surface area contributed by atoms with Gasteiger partial charge in [-0.05, 0) is 29.8 Å². The average molecular weight is 204 g/mol. The molecule has 0 bridgehead atoms. The molecule has 0 saturated carbocycles. The van der Waals surface area contributed by atoms with Crippen LogP contribution in [0.15, 0.2) is 47.1 Å². The minimum Gasteiger partial charge on any atom is -0.497 e. The SMILES string of the molecule is COc1cccc([C@H](O)c2ccco2)c1. The molecule has 3 heteroatoms. The number of methoxy groups -OCH3 is 1. The predicted octanol–water partition coefficient (Wildman–Crippen LogP) is 2.37. The van der Waals surface area contributed by atoms with E-state index >= 15 is 0 Å². The first-order chi connectivity index (χ1) is 7.31. The Morgan fingerprint density at radius 1 is 1.27 bits per heavy atom. The topological polar surface area (TPSA) is 42.6 Å². The van der Waals surface area contributed by atoms with E-state index in [1.54, 1.807) is 31.6 Å². The van der Waals surface area contributed by atoms with E-state index < -0.39 is 6.10 Å². The Morgan fingerprint density at radius 3 is 2.80 bits per heavy atom. The summed E-state index contributed by atoms with van der Waals surface area (Å²) >= 11 is 0. The molecule has 0 spiro atoms. The van der Waals surface area contributed by atoms with Crippen LogP contribution in [0.5, 0.6) is 5.75 Å². The zero-order valence-electron chi connectivity index (χ0n) is 8.38. The molecule has 0 amide bonds. The van der Waals surface area contributed by atoms with Gasteiger partial charge in [-0.25, -0.2) is 0 Å². The molecule has 1 aromatic carbocycles. The number of rotatable bonds is 3. The van der Waals surface area contributed by atoms with E-state index in [4.69, 9.17) is 9.15 Å². The molecule has 15 heavy (non-hydrogen) atoms. The van der Waals surface area contributed by atoms with Crippen molar-refractivity contribution in [3.8, 4) is 5.75 Å². The van der Waals surface area contributed by atoms with Gasteiger partial charge in [-0.15, -0.1) is 0 Å². The third kappa shape index (κ3) is 2.02. The van der Waals surface area contributed by atoms with Crippen LogP contribution >= 0.6 is 0 Å². The van der Waals surface area contributed by atoms with Crippen LogP contribution in [0.1, 0.15) is 17.4 Å². The summed E-state index contributed by atoms with van der Waals surface area (Å²) < 4.78 is 10.2. The highest BCUT2D eigenvalue weighted by Gasteiger charge is 2.13. The standard InChI is InChI=1S/C12H12O3/c1-14-10-5-2-4-9(8-10)12(13)11-6-3-7-15-11/h2-8,12-13H,1H3/t12-/m0/s1. The van der Waals surface area contributed by atoms with Crippen LogP contribution in [-0.2, 0) is 0 Å². The molecule has 0 saturated heterocycles. The number of aliphatic hydroxyl groups is 1. The van der Waals surface area contributed by atoms with E-state index in [1.165, 1.54) is 0 Å². The summed E-state index contributed by atoms with van der Waals surface area (Å²) in [6.07, 6.45) is 0.800. The van der Waals surface area contributed by atoms with Crippen LogP contribution in [0.4, 0.5) is 0 Å². The highest BCUT2D eigenvalue weighted by atomic mass is 16.5. The van der Waals surface area contributed by atoms with Gasteiger partial charge in [-0.2, -0.15) is 0 Å². The zero-order valence-corrected chi connectivity index (χ0v) is 8.38. The number of furan rings is 1. The predicted molar refractivity (Wildman–Crippen MR) is 55.8 cm³/mol. The summed E-state index contributed by atoms with van der Waals surface area (Å²) in [4.78, 5) is 0. The van der Waals surface area contributed by atoms with E-state index in [1.807, 2.05) is 18.2 Å². The maximum absolute atomic E-state index is 9.95. The van der Waals surface area contributed by atoms with Crippen molar-refractivity contribution in [2.75, 3.05) is 7.11 Å². The lowest BCUT2D eigenvalue weighted by Crippen LogP contribution is -1.98. The van der Waals surface area contributed by atoms with Gasteiger partial charge >= 0.3 is 0 Å². The first-order valence-corrected chi connectivity index (χ1v) is 4.66. The van der Waals surface area contributed by atoms with Gasteiger partial charge in [0.2, 0.25) is 0 Å². The van der Waals surface area contributed by atoms with Gasteiger partial charge in [0, 0.05) is 0 Å². The van der Waals surface area contributed by atoms with Crippen molar-refractivity contribution in [2.24, 2.45) is 0 Å². The highest BCUT2D eigenvalue weighted by molar-refractivity contribution is 5.32. The second-order valence-corrected chi connectivity index (χ2v) is 3.19. The molecule has 78 valence electrons. The Morgan fingerprint density at radius 2 is 2.13 bits per heavy atom. The van der Waals surface area contributed by atoms with E-state index in [2.05, 4.69) is 0 Å². The van der Waals surface area contributed by atoms with E-state index in [0.717, 1.165) is 11.3 Å². The summed E-state index contributed by atoms with van der Waals surface area (Å²) in [6.45, 7) is 0. The van der Waals surface area contributed by atoms with Gasteiger partial charge in [-0.3, -0.25) is 0 Å². The van der Waals surface area contributed by atoms with Gasteiger partial charge < -0.3 is 14.3 Å². The summed E-state index contributed by atoms with van der Waals surface area (Å²) in [5.41, 5.74) is 0.754. The van der Waals surface area contributed by atoms with Crippen LogP contribution in [0.2, 0.25) is 0 Å². The Hall–Kier alpha value is -1.74. The summed E-state index contributed by atoms with van der Waals surface area (Å²) in [5, 5.41) is 9.95. The van der Waals surface area contributed by atoms with Gasteiger partial charge in [0.15, 0.2) is 0 Å². The second-order valence-electron chi connectivity index (χ2n) is 3.19. The molecule has 1 atom stereocenters. The first-order valence-electron chi connectivity index (χ1n) is 4.66. The third-order valence-corrected chi connectivity index (χ3v) is 2.22. The minimum atomic E-state index is -0.741. The number of aliphatic hydroxyl groups excluding tert-OH is 1. The maximum Gasteiger partial charge on any atom is 0.137 e. The van der Waals surface area contributed by atoms with Gasteiger partial charge in [0.25, 0.3) is 0 Å². The molecule has 0 fully saturated rings. The van der Waals surface area contributed by atoms with Crippen molar-refractivity contribution in [3.05, 3.63) is 54.0 Å². The van der Waals surface area contributed by atoms with Crippen molar-refractivity contribution in [3.63, 3.8) is 0 Å². The van der Waals surface area contributed by atoms with Gasteiger partial charge in [0.05, 0.1) is 13.4 Å². The Kier molecular flexibility index (Phi) is 2.74. The van der Waals surface area contributed by atoms with Crippen molar-refractivity contribution in [1.29, 1.82) is 0 Å². The minimum absolute atomic E-state index is 0.531. The van der Waals surface area contributed by atoms with E-state index in [-0.39, 0.29) is 0 Å². The van der Waals surface area contributed by atoms with E-state index in [9.17, 15) is 5.11 Å². The van der Waals surface area contributed by atoms with Crippen molar-refractivity contribution in [1.82, 2.24) is 0 Å². The normalized spacial score (nSPS) is 12.4. The van der Waals surface area contributed by atoms with Crippen molar-refractivity contribution < 1.29 is 14.3 Å². The Balaban J connectivity index is 2.29. The fourth-order valence-electron chi connectivity index (χ4n) is 1.42. The van der Waals surface area contributed by atoms with Gasteiger partial charge in [-0.1, -0.05) is 12.1 Å². The number of hydrogen-bond acceptors (Lipinski definition) is 3. The average Bonchev–Trinajstić information content (AvgIpc) is 2.81. The van der Waals surface area contributed by atoms with Crippen molar-refractivity contribution in [2.45, 2.75) is 6.10 Å². The number of ether oxygens (including phenoxy) is 1. The second kappa shape index (κ2) is 4.19. The van der Waals surface area contributed by atoms with Gasteiger partial charge in [0.1, 0.15) is 17.6 Å². The lowest BCUT2D eigenvalue weighted by molar-refractivity contribution is 0.189. The van der Waals surface area contributed by atoms with Crippen LogP contribution < -0.4 is 4.74 Å². The molecule has 0 unspecified atom stereocenters. The zero-order chi connectivity index (χ0) is 10.7. The number of hydrogen-bond donors (Lipinski definition) is 1. The van der Waals surface area contributed by atoms with Crippen LogP contribution in [0, 0.1) is 0 Å². The molecule has 1 heterocycles. The first kappa shape index (κ1) is 9.80. The molecular formula is C12H12O3. The van der Waals surface area contributed by atoms with E-state index in [0.29, 0.717) is 5.76 Å². The molecular weight excluding hydrogens is 192 g/mol. The Bertz CT molecular complexity index is 420. The maximum atomic E-state index is 9.95. The summed E-state index contributed by atoms with van der Waals surface area (Å²) in [5.74, 6) is 1.25. The molecule has 1 N–H and O–H groups in total. The summed E-state index contributed by atoms with van der Waals surface area (Å²) in [7, 11) is 1.60. The lowest BCUT2D eigenvalue weighted by atomic mass is 10.1. The highest BCUT2D eigenvalue weighted by Crippen LogP contribution is 2.24. The summed E-state index contributed by atoms with van der Waals surface area (Å²) in [6, 6.07) is 10.8. The smallest absolute Gasteiger partial charge is 0.137 e. The largest absolute Gasteiger partial charge is 0.497 e. The Labute approximate surface area is 87.9 Å². The molecule has 2 rings (SSSR count). The molecule has 3 nitrogen and oxygen atoms in total. The molecule has 0 aliphatic rings. The molecule has 0 radical (unpaired) electrons. The fourth-order valence-corrected chi connectivity index (χ4v) is 1.42.